The van der Waals surface area contributed by atoms with Crippen LogP contribution in [0.4, 0.5) is 0 Å². The molecule has 0 unspecified atom stereocenters. The molecular formula is C22H21N5O2. The summed E-state index contributed by atoms with van der Waals surface area (Å²) in [6.07, 6.45) is 4.26. The largest absolute Gasteiger partial charge is 0.494 e. The molecule has 0 saturated heterocycles. The molecule has 146 valence electrons. The number of aryl methyl sites for hydroxylation is 1. The number of hydrogen-bond acceptors (Lipinski definition) is 5. The van der Waals surface area contributed by atoms with Crippen LogP contribution in [0, 0.1) is 0 Å². The zero-order valence-electron chi connectivity index (χ0n) is 16.0. The molecule has 29 heavy (non-hydrogen) atoms. The van der Waals surface area contributed by atoms with Gasteiger partial charge in [-0.3, -0.25) is 4.79 Å². The van der Waals surface area contributed by atoms with Gasteiger partial charge in [0.15, 0.2) is 0 Å². The fraction of sp³-hybridized carbons (Fsp3) is 0.182. The zero-order chi connectivity index (χ0) is 20.2. The molecule has 0 radical (unpaired) electrons. The van der Waals surface area contributed by atoms with Crippen molar-refractivity contribution in [3.63, 3.8) is 0 Å². The number of hydrazone groups is 1. The maximum Gasteiger partial charge on any atom is 0.240 e. The molecule has 0 fully saturated rings. The summed E-state index contributed by atoms with van der Waals surface area (Å²) in [6, 6.07) is 15.6. The van der Waals surface area contributed by atoms with Gasteiger partial charge >= 0.3 is 0 Å². The van der Waals surface area contributed by atoms with E-state index in [0.717, 1.165) is 27.7 Å². The van der Waals surface area contributed by atoms with Crippen molar-refractivity contribution in [2.24, 2.45) is 15.3 Å². The van der Waals surface area contributed by atoms with E-state index in [9.17, 15) is 9.90 Å². The van der Waals surface area contributed by atoms with E-state index >= 15 is 0 Å². The van der Waals surface area contributed by atoms with Crippen molar-refractivity contribution in [1.29, 1.82) is 0 Å². The van der Waals surface area contributed by atoms with Gasteiger partial charge in [-0.25, -0.2) is 5.43 Å². The van der Waals surface area contributed by atoms with Crippen LogP contribution in [0.5, 0.6) is 5.88 Å². The minimum Gasteiger partial charge on any atom is -0.494 e. The lowest BCUT2D eigenvalue weighted by molar-refractivity contribution is -0.121. The van der Waals surface area contributed by atoms with Gasteiger partial charge in [-0.05, 0) is 24.1 Å². The summed E-state index contributed by atoms with van der Waals surface area (Å²) in [5.41, 5.74) is 6.75. The molecule has 7 heteroatoms. The van der Waals surface area contributed by atoms with Crippen LogP contribution >= 0.6 is 0 Å². The lowest BCUT2D eigenvalue weighted by Crippen LogP contribution is -2.25. The van der Waals surface area contributed by atoms with E-state index in [1.54, 1.807) is 12.4 Å². The van der Waals surface area contributed by atoms with Gasteiger partial charge in [-0.1, -0.05) is 42.5 Å². The number of aromatic nitrogens is 1. The number of amides is 1. The van der Waals surface area contributed by atoms with Crippen molar-refractivity contribution in [1.82, 2.24) is 9.99 Å². The molecule has 1 aromatic heterocycles. The molecular weight excluding hydrogens is 366 g/mol. The molecule has 2 heterocycles. The van der Waals surface area contributed by atoms with Crippen molar-refractivity contribution >= 4 is 35.0 Å². The van der Waals surface area contributed by atoms with Gasteiger partial charge in [-0.15, -0.1) is 0 Å². The summed E-state index contributed by atoms with van der Waals surface area (Å²) >= 11 is 0. The Morgan fingerprint density at radius 2 is 1.93 bits per heavy atom. The number of carbonyl (C=O) groups is 1. The molecule has 1 amide bonds. The summed E-state index contributed by atoms with van der Waals surface area (Å²) in [7, 11) is 0. The van der Waals surface area contributed by atoms with Gasteiger partial charge in [0.2, 0.25) is 11.8 Å². The number of aromatic hydroxyl groups is 1. The third kappa shape index (κ3) is 3.80. The lowest BCUT2D eigenvalue weighted by atomic mass is 10.0. The Kier molecular flexibility index (Phi) is 5.20. The van der Waals surface area contributed by atoms with Crippen LogP contribution in [0.2, 0.25) is 0 Å². The third-order valence-corrected chi connectivity index (χ3v) is 4.89. The van der Waals surface area contributed by atoms with E-state index < -0.39 is 0 Å². The normalized spacial score (nSPS) is 14.7. The van der Waals surface area contributed by atoms with Crippen LogP contribution in [0.25, 0.3) is 10.9 Å². The average molecular weight is 387 g/mol. The predicted molar refractivity (Wildman–Crippen MR) is 115 cm³/mol. The SMILES string of the molecule is CCn1c(O)c(/C=N/N=Cc2ccccc2)c2ccc(C3=NNC(=O)CC3)cc21. The fourth-order valence-electron chi connectivity index (χ4n) is 3.40. The van der Waals surface area contributed by atoms with E-state index in [0.29, 0.717) is 24.9 Å². The van der Waals surface area contributed by atoms with E-state index in [1.807, 2.05) is 60.0 Å². The summed E-state index contributed by atoms with van der Waals surface area (Å²) in [5.74, 6) is 0.0798. The molecule has 3 aromatic rings. The summed E-state index contributed by atoms with van der Waals surface area (Å²) in [6.45, 7) is 2.58. The Hall–Kier alpha value is -3.74. The zero-order valence-corrected chi connectivity index (χ0v) is 16.0. The number of nitrogens with one attached hydrogen (secondary N) is 1. The van der Waals surface area contributed by atoms with Crippen LogP contribution in [0.1, 0.15) is 36.5 Å². The minimum atomic E-state index is -0.0704. The van der Waals surface area contributed by atoms with E-state index in [-0.39, 0.29) is 11.8 Å². The summed E-state index contributed by atoms with van der Waals surface area (Å²) in [4.78, 5) is 11.3. The smallest absolute Gasteiger partial charge is 0.240 e. The maximum absolute atomic E-state index is 11.3. The first-order valence-corrected chi connectivity index (χ1v) is 9.50. The van der Waals surface area contributed by atoms with Crippen molar-refractivity contribution < 1.29 is 9.90 Å². The first kappa shape index (κ1) is 18.6. The highest BCUT2D eigenvalue weighted by Gasteiger charge is 2.18. The first-order chi connectivity index (χ1) is 14.2. The second-order valence-corrected chi connectivity index (χ2v) is 6.71. The number of carbonyl (C=O) groups excluding carboxylic acids is 1. The highest BCUT2D eigenvalue weighted by atomic mass is 16.3. The second kappa shape index (κ2) is 8.10. The Morgan fingerprint density at radius 1 is 1.14 bits per heavy atom. The van der Waals surface area contributed by atoms with Crippen molar-refractivity contribution in [3.05, 3.63) is 65.2 Å². The van der Waals surface area contributed by atoms with Crippen molar-refractivity contribution in [3.8, 4) is 5.88 Å². The van der Waals surface area contributed by atoms with Gasteiger partial charge in [0, 0.05) is 24.8 Å². The molecule has 2 N–H and O–H groups in total. The quantitative estimate of drug-likeness (QED) is 0.519. The minimum absolute atomic E-state index is 0.0704. The third-order valence-electron chi connectivity index (χ3n) is 4.89. The standard InChI is InChI=1S/C22H21N5O2/c1-2-27-20-12-16(19-10-11-21(28)26-25-19)8-9-17(20)18(22(27)29)14-24-23-13-15-6-4-3-5-7-15/h3-9,12-14,29H,2,10-11H2,1H3,(H,26,28)/b23-13?,24-14+. The van der Waals surface area contributed by atoms with Gasteiger partial charge in [0.1, 0.15) is 0 Å². The summed E-state index contributed by atoms with van der Waals surface area (Å²) < 4.78 is 1.82. The first-order valence-electron chi connectivity index (χ1n) is 9.50. The molecule has 0 bridgehead atoms. The molecule has 0 saturated carbocycles. The second-order valence-electron chi connectivity index (χ2n) is 6.71. The Morgan fingerprint density at radius 3 is 2.66 bits per heavy atom. The van der Waals surface area contributed by atoms with Crippen LogP contribution < -0.4 is 5.43 Å². The number of fused-ring (bicyclic) bond motifs is 1. The highest BCUT2D eigenvalue weighted by molar-refractivity contribution is 6.09. The topological polar surface area (TPSA) is 91.3 Å². The molecule has 7 nitrogen and oxygen atoms in total. The Balaban J connectivity index is 1.68. The van der Waals surface area contributed by atoms with Gasteiger partial charge in [0.05, 0.1) is 29.2 Å². The Labute approximate surface area is 168 Å². The van der Waals surface area contributed by atoms with Crippen LogP contribution in [0.3, 0.4) is 0 Å². The van der Waals surface area contributed by atoms with Crippen LogP contribution in [-0.2, 0) is 11.3 Å². The average Bonchev–Trinajstić information content (AvgIpc) is 3.02. The molecule has 0 atom stereocenters. The van der Waals surface area contributed by atoms with Gasteiger partial charge in [-0.2, -0.15) is 15.3 Å². The van der Waals surface area contributed by atoms with Gasteiger partial charge in [0.25, 0.3) is 0 Å². The van der Waals surface area contributed by atoms with Gasteiger partial charge < -0.3 is 9.67 Å². The number of benzene rings is 2. The number of rotatable bonds is 5. The van der Waals surface area contributed by atoms with E-state index in [1.165, 1.54) is 0 Å². The molecule has 1 aliphatic heterocycles. The lowest BCUT2D eigenvalue weighted by Gasteiger charge is -2.12. The van der Waals surface area contributed by atoms with Crippen LogP contribution in [0.15, 0.2) is 63.8 Å². The Bertz CT molecular complexity index is 1140. The van der Waals surface area contributed by atoms with E-state index in [2.05, 4.69) is 20.7 Å². The maximum atomic E-state index is 11.3. The predicted octanol–water partition coefficient (Wildman–Crippen LogP) is 3.43. The monoisotopic (exact) mass is 387 g/mol. The highest BCUT2D eigenvalue weighted by Crippen LogP contribution is 2.31. The van der Waals surface area contributed by atoms with Crippen molar-refractivity contribution in [2.75, 3.05) is 0 Å². The van der Waals surface area contributed by atoms with Crippen molar-refractivity contribution in [2.45, 2.75) is 26.3 Å². The number of hydrogen-bond donors (Lipinski definition) is 2. The fourth-order valence-corrected chi connectivity index (χ4v) is 3.40. The van der Waals surface area contributed by atoms with E-state index in [4.69, 9.17) is 0 Å². The molecule has 1 aliphatic rings. The molecule has 4 rings (SSSR count). The molecule has 2 aromatic carbocycles. The summed E-state index contributed by atoms with van der Waals surface area (Å²) in [5, 5.41) is 23.9. The molecule has 0 aliphatic carbocycles. The molecule has 0 spiro atoms. The number of nitrogens with zero attached hydrogens (tertiary/aromatic N) is 4. The van der Waals surface area contributed by atoms with Crippen LogP contribution in [-0.4, -0.2) is 33.7 Å².